The molecule has 0 atom stereocenters. The molecule has 1 heterocycles. The van der Waals surface area contributed by atoms with Gasteiger partial charge in [0.2, 0.25) is 11.4 Å². The lowest BCUT2D eigenvalue weighted by Crippen LogP contribution is -2.40. The molecule has 2 nitrogen and oxygen atoms in total. The molecule has 2 aliphatic rings. The number of benzene rings is 4. The van der Waals surface area contributed by atoms with Crippen LogP contribution < -0.4 is 0 Å². The Bertz CT molecular complexity index is 1620. The van der Waals surface area contributed by atoms with Gasteiger partial charge in [-0.2, -0.15) is 0 Å². The normalized spacial score (nSPS) is 15.5. The van der Waals surface area contributed by atoms with Crippen LogP contribution in [0, 0.1) is 6.92 Å². The second-order valence-corrected chi connectivity index (χ2v) is 10.3. The van der Waals surface area contributed by atoms with Gasteiger partial charge >= 0.3 is 5.66 Å². The largest absolute Gasteiger partial charge is 0.357 e. The van der Waals surface area contributed by atoms with Gasteiger partial charge < -0.3 is 0 Å². The molecule has 4 aromatic rings. The van der Waals surface area contributed by atoms with Gasteiger partial charge in [0.1, 0.15) is 0 Å². The summed E-state index contributed by atoms with van der Waals surface area (Å²) in [7, 11) is 0. The Morgan fingerprint density at radius 1 is 0.722 bits per heavy atom. The molecule has 2 heteroatoms. The molecule has 1 aliphatic heterocycles. The quantitative estimate of drug-likeness (QED) is 0.203. The van der Waals surface area contributed by atoms with Crippen molar-refractivity contribution in [1.29, 1.82) is 0 Å². The van der Waals surface area contributed by atoms with Gasteiger partial charge in [0.05, 0.1) is 25.0 Å². The predicted molar refractivity (Wildman–Crippen MR) is 152 cm³/mol. The average molecular weight is 469 g/mol. The van der Waals surface area contributed by atoms with Gasteiger partial charge in [0.25, 0.3) is 11.4 Å². The minimum absolute atomic E-state index is 0.314. The van der Waals surface area contributed by atoms with E-state index in [9.17, 15) is 0 Å². The fraction of sp³-hybridized carbons (Fsp3) is 0.176. The summed E-state index contributed by atoms with van der Waals surface area (Å²) in [5.74, 6) is 0. The van der Waals surface area contributed by atoms with Crippen LogP contribution in [0.1, 0.15) is 41.7 Å². The van der Waals surface area contributed by atoms with Crippen LogP contribution in [-0.2, 0) is 12.8 Å². The van der Waals surface area contributed by atoms with E-state index in [4.69, 9.17) is 0 Å². The fourth-order valence-electron chi connectivity index (χ4n) is 6.16. The van der Waals surface area contributed by atoms with Gasteiger partial charge in [0.15, 0.2) is 0 Å². The van der Waals surface area contributed by atoms with E-state index in [0.29, 0.717) is 0 Å². The van der Waals surface area contributed by atoms with E-state index >= 15 is 0 Å². The van der Waals surface area contributed by atoms with Gasteiger partial charge in [0, 0.05) is 29.1 Å². The summed E-state index contributed by atoms with van der Waals surface area (Å²) in [6.07, 6.45) is 5.70. The smallest absolute Gasteiger partial charge is 0.121 e. The zero-order valence-corrected chi connectivity index (χ0v) is 21.4. The lowest BCUT2D eigenvalue weighted by molar-refractivity contribution is -0.740. The van der Waals surface area contributed by atoms with Gasteiger partial charge in [-0.15, -0.1) is 22.3 Å². The molecule has 0 fully saturated rings. The molecular formula is C34H32N2+2. The highest BCUT2D eigenvalue weighted by Gasteiger charge is 2.60. The molecule has 36 heavy (non-hydrogen) atoms. The van der Waals surface area contributed by atoms with Gasteiger partial charge in [-0.3, -0.25) is 0 Å². The van der Waals surface area contributed by atoms with Crippen molar-refractivity contribution in [3.05, 3.63) is 132 Å². The lowest BCUT2D eigenvalue weighted by Gasteiger charge is -2.18. The highest BCUT2D eigenvalue weighted by molar-refractivity contribution is 6.58. The number of hydrogen-bond donors (Lipinski definition) is 0. The van der Waals surface area contributed by atoms with E-state index in [1.165, 1.54) is 61.4 Å². The van der Waals surface area contributed by atoms with Crippen LogP contribution in [0.5, 0.6) is 0 Å². The summed E-state index contributed by atoms with van der Waals surface area (Å²) in [5, 5.41) is 2.64. The van der Waals surface area contributed by atoms with Crippen molar-refractivity contribution in [2.75, 3.05) is 0 Å². The second-order valence-electron chi connectivity index (χ2n) is 10.3. The van der Waals surface area contributed by atoms with Crippen LogP contribution in [0.2, 0.25) is 0 Å². The van der Waals surface area contributed by atoms with Crippen LogP contribution >= 0.6 is 0 Å². The minimum Gasteiger partial charge on any atom is -0.121 e. The summed E-state index contributed by atoms with van der Waals surface area (Å²) in [4.78, 5) is 0. The molecule has 0 N–H and O–H groups in total. The maximum atomic E-state index is 3.93. The molecule has 0 bridgehead atoms. The molecule has 0 saturated carbocycles. The van der Waals surface area contributed by atoms with Crippen molar-refractivity contribution in [3.63, 3.8) is 0 Å². The molecule has 0 amide bonds. The number of hydrogen-bond acceptors (Lipinski definition) is 0. The topological polar surface area (TPSA) is 6.02 Å². The molecule has 0 spiro atoms. The third-order valence-corrected chi connectivity index (χ3v) is 7.64. The Kier molecular flexibility index (Phi) is 5.15. The second kappa shape index (κ2) is 8.27. The van der Waals surface area contributed by atoms with Crippen molar-refractivity contribution in [2.24, 2.45) is 0 Å². The molecule has 1 aliphatic carbocycles. The molecule has 176 valence electrons. The van der Waals surface area contributed by atoms with Crippen molar-refractivity contribution in [1.82, 2.24) is 0 Å². The van der Waals surface area contributed by atoms with Gasteiger partial charge in [-0.05, 0) is 54.5 Å². The third kappa shape index (κ3) is 3.18. The number of allylic oxidation sites excluding steroid dienone is 2. The van der Waals surface area contributed by atoms with Crippen LogP contribution in [0.25, 0.3) is 10.8 Å². The first-order valence-corrected chi connectivity index (χ1v) is 12.7. The van der Waals surface area contributed by atoms with Crippen molar-refractivity contribution in [2.45, 2.75) is 39.3 Å². The highest BCUT2D eigenvalue weighted by atomic mass is 15.3. The van der Waals surface area contributed by atoms with Crippen LogP contribution in [0.15, 0.2) is 104 Å². The SMILES string of the molecule is C=CCc1ccc([N+]2=C3C(=[N+](c4ccc(CC=C)cc4C)C2(C)C)c2cccc4cccc3c24)cc1. The third-order valence-electron chi connectivity index (χ3n) is 7.64. The van der Waals surface area contributed by atoms with E-state index in [0.717, 1.165) is 12.8 Å². The minimum atomic E-state index is -0.314. The maximum absolute atomic E-state index is 3.93. The van der Waals surface area contributed by atoms with Crippen molar-refractivity contribution < 1.29 is 9.15 Å². The first-order valence-electron chi connectivity index (χ1n) is 12.7. The number of aryl methyl sites for hydroxylation is 1. The molecule has 0 unspecified atom stereocenters. The molecule has 0 radical (unpaired) electrons. The maximum Gasteiger partial charge on any atom is 0.357 e. The van der Waals surface area contributed by atoms with E-state index in [1.807, 2.05) is 12.2 Å². The van der Waals surface area contributed by atoms with Crippen LogP contribution in [-0.4, -0.2) is 26.2 Å². The number of rotatable bonds is 6. The van der Waals surface area contributed by atoms with E-state index in [2.05, 4.69) is 122 Å². The highest BCUT2D eigenvalue weighted by Crippen LogP contribution is 2.42. The summed E-state index contributed by atoms with van der Waals surface area (Å²) in [6.45, 7) is 14.7. The van der Waals surface area contributed by atoms with E-state index < -0.39 is 0 Å². The van der Waals surface area contributed by atoms with E-state index in [1.54, 1.807) is 0 Å². The summed E-state index contributed by atoms with van der Waals surface area (Å²) in [5.41, 5.74) is 11.2. The number of fused-ring (bicyclic) bond motifs is 3. The molecule has 0 aromatic heterocycles. The Labute approximate surface area is 213 Å². The lowest BCUT2D eigenvalue weighted by atomic mass is 10.0. The first kappa shape index (κ1) is 22.4. The average Bonchev–Trinajstić information content (AvgIpc) is 3.30. The summed E-state index contributed by atoms with van der Waals surface area (Å²) in [6, 6.07) is 29.2. The zero-order chi connectivity index (χ0) is 25.0. The van der Waals surface area contributed by atoms with Crippen LogP contribution in [0.3, 0.4) is 0 Å². The molecular weight excluding hydrogens is 436 g/mol. The Morgan fingerprint density at radius 2 is 1.31 bits per heavy atom. The summed E-state index contributed by atoms with van der Waals surface area (Å²) < 4.78 is 5.09. The van der Waals surface area contributed by atoms with Crippen LogP contribution in [0.4, 0.5) is 11.4 Å². The predicted octanol–water partition coefficient (Wildman–Crippen LogP) is 7.64. The monoisotopic (exact) mass is 468 g/mol. The number of nitrogens with zero attached hydrogens (tertiary/aromatic N) is 2. The Hall–Kier alpha value is -4.04. The van der Waals surface area contributed by atoms with E-state index in [-0.39, 0.29) is 5.66 Å². The molecule has 4 aromatic carbocycles. The zero-order valence-electron chi connectivity index (χ0n) is 21.4. The van der Waals surface area contributed by atoms with Crippen molar-refractivity contribution >= 4 is 33.6 Å². The summed E-state index contributed by atoms with van der Waals surface area (Å²) >= 11 is 0. The Morgan fingerprint density at radius 3 is 1.92 bits per heavy atom. The first-order chi connectivity index (χ1) is 17.5. The molecule has 6 rings (SSSR count). The van der Waals surface area contributed by atoms with Gasteiger partial charge in [-0.25, -0.2) is 0 Å². The Balaban J connectivity index is 1.67. The van der Waals surface area contributed by atoms with Crippen molar-refractivity contribution in [3.8, 4) is 0 Å². The molecule has 0 saturated heterocycles. The van der Waals surface area contributed by atoms with Gasteiger partial charge in [-0.1, -0.05) is 54.6 Å². The standard InChI is InChI=1S/C34H32N2/c1-6-10-24-16-19-27(20-17-24)35-32-28-14-8-12-26-13-9-15-29(31(26)28)33(32)36(34(35,4)5)30-21-18-25(11-7-2)22-23(30)3/h6-9,12-22H,1-2,10-11H2,3-5H3/q+2. The fourth-order valence-corrected chi connectivity index (χ4v) is 6.16.